The van der Waals surface area contributed by atoms with Gasteiger partial charge in [0.15, 0.2) is 23.0 Å². The van der Waals surface area contributed by atoms with E-state index in [4.69, 9.17) is 52.9 Å². The topological polar surface area (TPSA) is 831 Å². The van der Waals surface area contributed by atoms with Crippen molar-refractivity contribution in [1.29, 1.82) is 10.8 Å². The number of allylic oxidation sites excluding steroid dienone is 1. The van der Waals surface area contributed by atoms with Gasteiger partial charge in [0.25, 0.3) is 0 Å². The molecule has 0 saturated carbocycles. The van der Waals surface area contributed by atoms with E-state index in [1.807, 2.05) is 24.3 Å². The summed E-state index contributed by atoms with van der Waals surface area (Å²) in [6.07, 6.45) is -3.29. The second kappa shape index (κ2) is 67.9. The number of hydrogen-bond acceptors (Lipinski definition) is 34. The third-order valence-corrected chi connectivity index (χ3v) is 14.9. The van der Waals surface area contributed by atoms with E-state index in [2.05, 4.69) is 157 Å². The molecule has 64 heteroatoms. The molecule has 28 N–H and O–H groups in total. The summed E-state index contributed by atoms with van der Waals surface area (Å²) in [6, 6.07) is 15.5. The summed E-state index contributed by atoms with van der Waals surface area (Å²) < 4.78 is 114. The molecule has 0 saturated heterocycles. The van der Waals surface area contributed by atoms with Crippen molar-refractivity contribution in [2.45, 2.75) is 115 Å². The number of thiol groups is 4. The highest BCUT2D eigenvalue weighted by Crippen LogP contribution is 2.30. The minimum atomic E-state index is -6.05. The lowest BCUT2D eigenvalue weighted by atomic mass is 9.79. The molecular weight excluding hydrogens is 1920 g/mol. The smallest absolute Gasteiger partial charge is 0.480 e. The summed E-state index contributed by atoms with van der Waals surface area (Å²) in [5.41, 5.74) is 20.4. The first-order chi connectivity index (χ1) is 55.7. The van der Waals surface area contributed by atoms with Crippen LogP contribution in [0.2, 0.25) is 0 Å². The van der Waals surface area contributed by atoms with Crippen molar-refractivity contribution >= 4 is 302 Å². The summed E-state index contributed by atoms with van der Waals surface area (Å²) in [5, 5.41) is 74.2. The van der Waals surface area contributed by atoms with Crippen LogP contribution in [0.5, 0.6) is 0 Å². The molecule has 0 spiro atoms. The Hall–Kier alpha value is -11.7. The van der Waals surface area contributed by atoms with Crippen molar-refractivity contribution in [2.24, 2.45) is 39.8 Å². The van der Waals surface area contributed by atoms with Crippen LogP contribution >= 0.6 is 124 Å². The minimum absolute atomic E-state index is 0.102. The molecule has 2 aromatic carbocycles. The number of primary amides is 2. The number of rotatable bonds is 14. The number of nitrogens with one attached hydrogen (secondary N) is 10. The number of imide groups is 4. The fraction of sp³-hybridized carbons (Fsp3) is 0.300. The molecule has 2 rings (SSSR count). The van der Waals surface area contributed by atoms with Crippen molar-refractivity contribution in [1.82, 2.24) is 41.3 Å². The van der Waals surface area contributed by atoms with Gasteiger partial charge in [-0.15, -0.1) is 50.5 Å². The largest absolute Gasteiger partial charge is 0.516 e. The van der Waals surface area contributed by atoms with Crippen molar-refractivity contribution in [2.75, 3.05) is 6.26 Å². The number of sulfonamides is 2. The van der Waals surface area contributed by atoms with Crippen molar-refractivity contribution in [3.63, 3.8) is 0 Å². The molecule has 0 unspecified atom stereocenters. The molecule has 0 heterocycles. The van der Waals surface area contributed by atoms with Crippen LogP contribution in [0.3, 0.4) is 0 Å². The lowest BCUT2D eigenvalue weighted by Crippen LogP contribution is -2.48. The van der Waals surface area contributed by atoms with Gasteiger partial charge in [0.1, 0.15) is 15.6 Å². The van der Waals surface area contributed by atoms with Crippen LogP contribution in [0, 0.1) is 16.2 Å². The van der Waals surface area contributed by atoms with Crippen LogP contribution in [0.15, 0.2) is 75.5 Å². The summed E-state index contributed by atoms with van der Waals surface area (Å²) in [6.45, 7) is 12.5. The zero-order valence-electron chi connectivity index (χ0n) is 64.9. The number of amidine groups is 2. The van der Waals surface area contributed by atoms with Crippen LogP contribution in [-0.2, 0) is 116 Å². The van der Waals surface area contributed by atoms with Gasteiger partial charge in [-0.2, -0.15) is 34.8 Å². The molecule has 14 amide bonds. The summed E-state index contributed by atoms with van der Waals surface area (Å²) >= 11 is 42.4. The fourth-order valence-electron chi connectivity index (χ4n) is 5.27. The number of nitrogens with two attached hydrogens (primary N) is 6. The molecular formula is C60H80F6N16O30S12. The molecule has 0 aliphatic carbocycles. The highest BCUT2D eigenvalue weighted by Gasteiger charge is 2.48. The Balaban J connectivity index is -0.000000145. The summed E-state index contributed by atoms with van der Waals surface area (Å²) in [5.74, 6) is -28.9. The molecule has 46 nitrogen and oxygen atoms in total. The molecule has 694 valence electrons. The molecule has 0 radical (unpaired) electrons. The highest BCUT2D eigenvalue weighted by atomic mass is 32.2. The Morgan fingerprint density at radius 3 is 0.879 bits per heavy atom. The zero-order valence-corrected chi connectivity index (χ0v) is 75.0. The number of carbonyl (C=O) groups is 20. The molecule has 0 aromatic heterocycles. The van der Waals surface area contributed by atoms with Gasteiger partial charge in [0.2, 0.25) is 27.7 Å². The van der Waals surface area contributed by atoms with Gasteiger partial charge in [0.05, 0.1) is 24.6 Å². The Bertz CT molecular complexity index is 4280. The van der Waals surface area contributed by atoms with Gasteiger partial charge >= 0.3 is 123 Å². The van der Waals surface area contributed by atoms with E-state index in [9.17, 15) is 139 Å². The average Bonchev–Trinajstić information content (AvgIpc) is 0.838. The number of thiocarbonyl (C=S) groups is 6. The maximum atomic E-state index is 11.7. The number of carboxylic acids is 6. The monoisotopic (exact) mass is 2000 g/mol. The van der Waals surface area contributed by atoms with Crippen molar-refractivity contribution < 1.29 is 170 Å². The minimum Gasteiger partial charge on any atom is -0.480 e. The first-order valence-corrected chi connectivity index (χ1v) is 38.4. The third kappa shape index (κ3) is 75.3. The second-order valence-corrected chi connectivity index (χ2v) is 29.8. The normalized spacial score (nSPS) is 9.62. The quantitative estimate of drug-likeness (QED) is 0.0117. The van der Waals surface area contributed by atoms with Gasteiger partial charge < -0.3 is 75.7 Å². The molecule has 0 aliphatic rings. The van der Waals surface area contributed by atoms with E-state index in [0.29, 0.717) is 37.8 Å². The van der Waals surface area contributed by atoms with E-state index in [0.717, 1.165) is 40.6 Å². The Labute approximate surface area is 751 Å². The summed E-state index contributed by atoms with van der Waals surface area (Å²) in [7, 11) is -10.2. The SMILES string of the molecule is CC(=O)NC(=O)C(=O)NC(=O)C(F)(F)F.CC(=O)NC(=O)C(=O)NC(C)=O.CC(=S)NC(=O)C(=O)NC(C)=S.CC(C)=C(C(=O)O)C(=O)O.CCCC(CCC)(C(=O)O)C(=O)O.CS(=O)(=O)NC(=O)C(=O)NS(=O)(=O)C(F)(F)F.N=C(N)C(=N)N.NC(=O)C(N)=O.NC(=S)C(N)=S.O=C(O)C(C(=O)O)c1ccccc1.S=C(S)C(=S)S.Sc1ccccc1S. The number of aliphatic carboxylic acids is 6. The van der Waals surface area contributed by atoms with Crippen LogP contribution in [-0.4, -0.2) is 224 Å². The number of benzene rings is 2. The van der Waals surface area contributed by atoms with Crippen LogP contribution in [0.25, 0.3) is 0 Å². The van der Waals surface area contributed by atoms with Gasteiger partial charge in [-0.3, -0.25) is 118 Å². The van der Waals surface area contributed by atoms with Gasteiger partial charge in [-0.1, -0.05) is 148 Å². The Kier molecular flexibility index (Phi) is 72.8. The van der Waals surface area contributed by atoms with Crippen molar-refractivity contribution in [3.05, 3.63) is 71.3 Å². The van der Waals surface area contributed by atoms with Gasteiger partial charge in [-0.25, -0.2) is 27.5 Å². The number of alkyl halides is 6. The maximum absolute atomic E-state index is 11.7. The molecule has 0 fully saturated rings. The van der Waals surface area contributed by atoms with Gasteiger partial charge in [0, 0.05) is 30.6 Å². The average molecular weight is 2000 g/mol. The Morgan fingerprint density at radius 1 is 0.444 bits per heavy atom. The summed E-state index contributed by atoms with van der Waals surface area (Å²) in [4.78, 5) is 211. The molecule has 0 atom stereocenters. The van der Waals surface area contributed by atoms with Crippen molar-refractivity contribution in [3.8, 4) is 0 Å². The van der Waals surface area contributed by atoms with Crippen LogP contribution in [0.1, 0.15) is 99.5 Å². The number of hydrogen-bond donors (Lipinski definition) is 26. The number of carbonyl (C=O) groups excluding carboxylic acids is 14. The third-order valence-electron chi connectivity index (χ3n) is 10.1. The van der Waals surface area contributed by atoms with E-state index in [-0.39, 0.29) is 50.0 Å². The predicted molar refractivity (Wildman–Crippen MR) is 460 cm³/mol. The fourth-order valence-corrected chi connectivity index (χ4v) is 6.66. The molecule has 0 bridgehead atoms. The number of halogens is 6. The van der Waals surface area contributed by atoms with E-state index in [1.165, 1.54) is 45.1 Å². The zero-order chi connectivity index (χ0) is 101. The molecule has 2 aromatic rings. The number of carboxylic acid groups (broad SMARTS) is 6. The van der Waals surface area contributed by atoms with E-state index >= 15 is 0 Å². The lowest BCUT2D eigenvalue weighted by molar-refractivity contribution is -0.175. The van der Waals surface area contributed by atoms with E-state index < -0.39 is 167 Å². The lowest BCUT2D eigenvalue weighted by Gasteiger charge is -2.23. The van der Waals surface area contributed by atoms with Crippen LogP contribution in [0.4, 0.5) is 26.3 Å². The molecule has 124 heavy (non-hydrogen) atoms. The Morgan fingerprint density at radius 2 is 0.710 bits per heavy atom. The first kappa shape index (κ1) is 133. The predicted octanol–water partition coefficient (Wildman–Crippen LogP) is -1.58. The first-order valence-electron chi connectivity index (χ1n) is 30.8. The number of amides is 14. The standard InChI is InChI=1S/C9H8O4.C9H16O4.C6H5F3N2O4.C6H8N2O4.C6H8N2O2S2.C6H8O4.C6H6S2.C4H5F3N2O6S2.C2H6N4.C2H4N2O2.C2H4N2S2.C2H2S4/c10-8(11)7(9(12)13)6-4-2-1-3-5-6;1-3-5-9(6-4-2,7(10)11)8(12)13;1-2(12)10-3(13)4(14)11-5(15)6(7,8)9;1-3(9)7-5(11)6(12)8-4(2)10;1-3(11)7-5(9)6(10)8-4(2)12;1-3(2)4(5(7)8)6(9)10;7-5-3-1-2-4-6(5)8;1-16(12,13)8-2(10)3(11)9-17(14,15)4(5,6)7;3-1(4)2(5)6;2*3-1(5)2(4)6;3-1(4)2(5)6/h1-5,7H,(H,10,11)(H,12,13);3-6H2,1-2H3,(H,10,11)(H,12,13);1H3,(H,10,12,13)(H,11,14,15);2*1-2H3,(H,7,9,11)(H,8,10,12);1-2H3,(H,7,8)(H,9,10);1-4,7-8H;1H3,(H,8,10)(H,9,11);(H3,3,4)(H3,5,6);2*(H2,3,5)(H2,4,6);(H,3,4)(H,5,6). The van der Waals surface area contributed by atoms with E-state index in [1.54, 1.807) is 42.7 Å². The van der Waals surface area contributed by atoms with Gasteiger partial charge in [-0.05, 0) is 58.2 Å². The molecule has 0 aliphatic heterocycles. The van der Waals surface area contributed by atoms with Crippen LogP contribution < -0.4 is 75.7 Å². The maximum Gasteiger partial charge on any atom is 0.516 e. The second-order valence-electron chi connectivity index (χ2n) is 21.0. The highest BCUT2D eigenvalue weighted by molar-refractivity contribution is 8.26.